The summed E-state index contributed by atoms with van der Waals surface area (Å²) in [5.74, 6) is -1.21. The lowest BCUT2D eigenvalue weighted by molar-refractivity contribution is -0.153. The van der Waals surface area contributed by atoms with E-state index in [0.29, 0.717) is 30.4 Å². The van der Waals surface area contributed by atoms with Crippen LogP contribution in [-0.2, 0) is 14.3 Å². The van der Waals surface area contributed by atoms with Crippen molar-refractivity contribution >= 4 is 28.8 Å². The molecule has 0 radical (unpaired) electrons. The third-order valence-corrected chi connectivity index (χ3v) is 5.23. The molecule has 1 fully saturated rings. The van der Waals surface area contributed by atoms with Crippen LogP contribution in [0.2, 0.25) is 0 Å². The van der Waals surface area contributed by atoms with Gasteiger partial charge in [0.1, 0.15) is 24.4 Å². The molecule has 2 atom stereocenters. The van der Waals surface area contributed by atoms with E-state index < -0.39 is 29.4 Å². The van der Waals surface area contributed by atoms with Crippen LogP contribution in [-0.4, -0.2) is 57.9 Å². The highest BCUT2D eigenvalue weighted by molar-refractivity contribution is 5.98. The van der Waals surface area contributed by atoms with E-state index in [1.807, 2.05) is 20.8 Å². The molecule has 31 heavy (non-hydrogen) atoms. The Kier molecular flexibility index (Phi) is 6.68. The third-order valence-electron chi connectivity index (χ3n) is 5.23. The second kappa shape index (κ2) is 9.24. The molecule has 0 unspecified atom stereocenters. The average molecular weight is 425 g/mol. The van der Waals surface area contributed by atoms with E-state index in [1.165, 1.54) is 11.0 Å². The molecule has 3 heterocycles. The Labute approximate surface area is 181 Å². The number of nitrogens with one attached hydrogen (secondary N) is 1. The Morgan fingerprint density at radius 2 is 2.06 bits per heavy atom. The summed E-state index contributed by atoms with van der Waals surface area (Å²) >= 11 is 0. The quantitative estimate of drug-likeness (QED) is 0.565. The summed E-state index contributed by atoms with van der Waals surface area (Å²) in [7, 11) is 0. The number of hydrogen-bond donors (Lipinski definition) is 1. The molecule has 0 bridgehead atoms. The molecule has 0 aliphatic carbocycles. The normalized spacial score (nSPS) is 17.3. The molecule has 2 aromatic rings. The predicted octanol–water partition coefficient (Wildman–Crippen LogP) is 2.49. The monoisotopic (exact) mass is 424 g/mol. The van der Waals surface area contributed by atoms with Crippen LogP contribution >= 0.6 is 0 Å². The largest absolute Gasteiger partial charge is 0.460 e. The number of rotatable bonds is 6. The maximum absolute atomic E-state index is 13.4. The molecule has 1 aliphatic rings. The van der Waals surface area contributed by atoms with Gasteiger partial charge in [0.2, 0.25) is 5.91 Å². The summed E-state index contributed by atoms with van der Waals surface area (Å²) in [5.41, 5.74) is 0.897. The van der Waals surface area contributed by atoms with Crippen molar-refractivity contribution in [3.05, 3.63) is 48.8 Å². The molecule has 0 spiro atoms. The highest BCUT2D eigenvalue weighted by Crippen LogP contribution is 2.26. The summed E-state index contributed by atoms with van der Waals surface area (Å²) in [5, 5.41) is 2.84. The first-order chi connectivity index (χ1) is 14.7. The molecule has 164 valence electrons. The van der Waals surface area contributed by atoms with Gasteiger partial charge >= 0.3 is 5.97 Å². The minimum absolute atomic E-state index is 0.0965. The molecule has 0 saturated carbocycles. The lowest BCUT2D eigenvalue weighted by atomic mass is 9.85. The second-order valence-corrected chi connectivity index (χ2v) is 8.62. The number of esters is 1. The zero-order chi connectivity index (χ0) is 22.6. The number of likely N-dealkylation sites (tertiary alicyclic amines) is 1. The fraction of sp³-hybridized carbons (Fsp3) is 0.435. The maximum Gasteiger partial charge on any atom is 0.329 e. The molecule has 1 saturated heterocycles. The molecule has 3 rings (SSSR count). The highest BCUT2D eigenvalue weighted by atomic mass is 16.5. The molecular formula is C23H28N4O4. The van der Waals surface area contributed by atoms with Crippen LogP contribution in [0.25, 0.3) is 11.0 Å². The molecule has 2 aromatic heterocycles. The van der Waals surface area contributed by atoms with Gasteiger partial charge in [-0.15, -0.1) is 0 Å². The van der Waals surface area contributed by atoms with Gasteiger partial charge in [0.25, 0.3) is 5.91 Å². The smallest absolute Gasteiger partial charge is 0.329 e. The summed E-state index contributed by atoms with van der Waals surface area (Å²) in [6.07, 6.45) is 4.38. The summed E-state index contributed by atoms with van der Waals surface area (Å²) in [6.45, 7) is 9.68. The van der Waals surface area contributed by atoms with Crippen molar-refractivity contribution in [3.63, 3.8) is 0 Å². The lowest BCUT2D eigenvalue weighted by Crippen LogP contribution is -2.56. The van der Waals surface area contributed by atoms with Crippen LogP contribution in [0.15, 0.2) is 43.1 Å². The first-order valence-corrected chi connectivity index (χ1v) is 10.3. The van der Waals surface area contributed by atoms with E-state index in [-0.39, 0.29) is 18.2 Å². The van der Waals surface area contributed by atoms with E-state index in [1.54, 1.807) is 30.5 Å². The summed E-state index contributed by atoms with van der Waals surface area (Å²) in [6, 6.07) is 5.34. The number of ether oxygens (including phenoxy) is 1. The molecule has 8 heteroatoms. The van der Waals surface area contributed by atoms with Crippen molar-refractivity contribution in [1.29, 1.82) is 0 Å². The average Bonchev–Trinajstić information content (AvgIpc) is 3.24. The summed E-state index contributed by atoms with van der Waals surface area (Å²) < 4.78 is 5.16. The van der Waals surface area contributed by atoms with Crippen LogP contribution in [0.3, 0.4) is 0 Å². The van der Waals surface area contributed by atoms with E-state index in [0.717, 1.165) is 0 Å². The van der Waals surface area contributed by atoms with Gasteiger partial charge in [0.15, 0.2) is 0 Å². The first kappa shape index (κ1) is 22.4. The van der Waals surface area contributed by atoms with Crippen LogP contribution in [0.4, 0.5) is 0 Å². The molecular weight excluding hydrogens is 396 g/mol. The van der Waals surface area contributed by atoms with E-state index in [4.69, 9.17) is 4.74 Å². The number of fused-ring (bicyclic) bond motifs is 1. The molecule has 2 amide bonds. The third kappa shape index (κ3) is 5.07. The van der Waals surface area contributed by atoms with Gasteiger partial charge in [-0.3, -0.25) is 14.6 Å². The van der Waals surface area contributed by atoms with E-state index in [9.17, 15) is 14.4 Å². The van der Waals surface area contributed by atoms with Crippen molar-refractivity contribution < 1.29 is 19.1 Å². The number of hydrogen-bond acceptors (Lipinski definition) is 6. The van der Waals surface area contributed by atoms with Crippen LogP contribution in [0.5, 0.6) is 0 Å². The topological polar surface area (TPSA) is 101 Å². The van der Waals surface area contributed by atoms with Gasteiger partial charge < -0.3 is 15.0 Å². The Morgan fingerprint density at radius 1 is 1.29 bits per heavy atom. The van der Waals surface area contributed by atoms with E-state index >= 15 is 0 Å². The van der Waals surface area contributed by atoms with Gasteiger partial charge in [-0.1, -0.05) is 33.4 Å². The minimum Gasteiger partial charge on any atom is -0.460 e. The van der Waals surface area contributed by atoms with E-state index in [2.05, 4.69) is 21.9 Å². The zero-order valence-corrected chi connectivity index (χ0v) is 18.1. The van der Waals surface area contributed by atoms with Gasteiger partial charge in [0.05, 0.1) is 11.0 Å². The minimum atomic E-state index is -0.834. The number of carbonyl (C=O) groups excluding carboxylic acids is 3. The van der Waals surface area contributed by atoms with Gasteiger partial charge in [-0.2, -0.15) is 0 Å². The van der Waals surface area contributed by atoms with Crippen molar-refractivity contribution in [2.75, 3.05) is 13.2 Å². The molecule has 1 aliphatic heterocycles. The number of aromatic nitrogens is 2. The van der Waals surface area contributed by atoms with Gasteiger partial charge in [-0.25, -0.2) is 9.78 Å². The molecule has 0 aromatic carbocycles. The number of pyridine rings is 2. The fourth-order valence-electron chi connectivity index (χ4n) is 3.62. The van der Waals surface area contributed by atoms with Crippen LogP contribution in [0.1, 0.15) is 44.1 Å². The Hall–Kier alpha value is -3.29. The Balaban J connectivity index is 1.80. The Morgan fingerprint density at radius 3 is 2.77 bits per heavy atom. The number of nitrogens with zero attached hydrogens (tertiary/aromatic N) is 3. The highest BCUT2D eigenvalue weighted by Gasteiger charge is 2.42. The maximum atomic E-state index is 13.4. The van der Waals surface area contributed by atoms with Crippen LogP contribution in [0, 0.1) is 5.41 Å². The summed E-state index contributed by atoms with van der Waals surface area (Å²) in [4.78, 5) is 48.8. The van der Waals surface area contributed by atoms with Crippen molar-refractivity contribution in [2.24, 2.45) is 5.41 Å². The first-order valence-electron chi connectivity index (χ1n) is 10.3. The van der Waals surface area contributed by atoms with Gasteiger partial charge in [-0.05, 0) is 42.5 Å². The van der Waals surface area contributed by atoms with Crippen molar-refractivity contribution in [1.82, 2.24) is 20.2 Å². The SMILES string of the molecule is C=CCOC(=O)[C@H]1CCCN1C(=O)[C@@H](NC(=O)c1ccc2ncccc2n1)C(C)(C)C. The second-order valence-electron chi connectivity index (χ2n) is 8.62. The molecule has 1 N–H and O–H groups in total. The number of amides is 2. The lowest BCUT2D eigenvalue weighted by Gasteiger charge is -2.35. The van der Waals surface area contributed by atoms with Gasteiger partial charge in [0, 0.05) is 12.7 Å². The Bertz CT molecular complexity index is 998. The standard InChI is InChI=1S/C23H28N4O4/c1-5-14-31-22(30)18-9-7-13-27(18)21(29)19(23(2,3)4)26-20(28)17-11-10-15-16(25-17)8-6-12-24-15/h5-6,8,10-12,18-19H,1,7,9,13-14H2,2-4H3,(H,26,28)/t18-,19-/m1/s1. The van der Waals surface area contributed by atoms with Crippen molar-refractivity contribution in [3.8, 4) is 0 Å². The molecule has 8 nitrogen and oxygen atoms in total. The van der Waals surface area contributed by atoms with Crippen molar-refractivity contribution in [2.45, 2.75) is 45.7 Å². The van der Waals surface area contributed by atoms with Crippen LogP contribution < -0.4 is 5.32 Å². The fourth-order valence-corrected chi connectivity index (χ4v) is 3.62. The number of carbonyl (C=O) groups is 3. The zero-order valence-electron chi connectivity index (χ0n) is 18.1. The predicted molar refractivity (Wildman–Crippen MR) is 116 cm³/mol.